The van der Waals surface area contributed by atoms with E-state index in [2.05, 4.69) is 4.98 Å². The third-order valence-electron chi connectivity index (χ3n) is 3.97. The predicted molar refractivity (Wildman–Crippen MR) is 85.7 cm³/mol. The van der Waals surface area contributed by atoms with E-state index in [1.54, 1.807) is 17.0 Å². The molecule has 2 aromatic rings. The van der Waals surface area contributed by atoms with Gasteiger partial charge >= 0.3 is 5.97 Å². The minimum absolute atomic E-state index is 0.00123. The number of benzene rings is 1. The molecule has 0 aliphatic carbocycles. The lowest BCUT2D eigenvalue weighted by molar-refractivity contribution is 0.0688. The summed E-state index contributed by atoms with van der Waals surface area (Å²) in [6.45, 7) is 2.23. The molecule has 0 bridgehead atoms. The lowest BCUT2D eigenvalue weighted by Gasteiger charge is -2.36. The van der Waals surface area contributed by atoms with E-state index in [1.807, 2.05) is 4.90 Å². The van der Waals surface area contributed by atoms with Gasteiger partial charge in [-0.3, -0.25) is 4.79 Å². The van der Waals surface area contributed by atoms with Crippen LogP contribution in [0.5, 0.6) is 0 Å². The van der Waals surface area contributed by atoms with Gasteiger partial charge in [-0.15, -0.1) is 0 Å². The number of aromatic nitrogens is 1. The number of hydrogen-bond donors (Lipinski definition) is 1. The van der Waals surface area contributed by atoms with Crippen molar-refractivity contribution in [3.05, 3.63) is 59.7 Å². The Morgan fingerprint density at radius 2 is 1.83 bits per heavy atom. The lowest BCUT2D eigenvalue weighted by Crippen LogP contribution is -2.48. The molecule has 24 heavy (non-hydrogen) atoms. The summed E-state index contributed by atoms with van der Waals surface area (Å²) in [5, 5.41) is 8.86. The molecule has 6 nitrogen and oxygen atoms in total. The van der Waals surface area contributed by atoms with Crippen LogP contribution in [0.15, 0.2) is 42.6 Å². The molecule has 3 rings (SSSR count). The van der Waals surface area contributed by atoms with Crippen molar-refractivity contribution in [1.82, 2.24) is 9.88 Å². The molecule has 1 aromatic carbocycles. The van der Waals surface area contributed by atoms with Crippen molar-refractivity contribution < 1.29 is 19.1 Å². The normalized spacial score (nSPS) is 14.5. The maximum atomic E-state index is 13.2. The van der Waals surface area contributed by atoms with Crippen LogP contribution in [0, 0.1) is 5.82 Å². The first kappa shape index (κ1) is 15.9. The van der Waals surface area contributed by atoms with E-state index >= 15 is 0 Å². The fourth-order valence-electron chi connectivity index (χ4n) is 2.67. The summed E-state index contributed by atoms with van der Waals surface area (Å²) in [7, 11) is 0. The average molecular weight is 329 g/mol. The monoisotopic (exact) mass is 329 g/mol. The van der Waals surface area contributed by atoms with Crippen LogP contribution in [0.1, 0.15) is 20.8 Å². The molecular weight excluding hydrogens is 313 g/mol. The number of carboxylic acid groups (broad SMARTS) is 1. The van der Waals surface area contributed by atoms with E-state index in [0.717, 1.165) is 5.69 Å². The summed E-state index contributed by atoms with van der Waals surface area (Å²) in [5.74, 6) is -1.68. The summed E-state index contributed by atoms with van der Waals surface area (Å²) in [4.78, 5) is 30.8. The number of carbonyl (C=O) groups excluding carboxylic acids is 1. The molecule has 0 atom stereocenters. The smallest absolute Gasteiger partial charge is 0.354 e. The fourth-order valence-corrected chi connectivity index (χ4v) is 2.67. The van der Waals surface area contributed by atoms with Crippen molar-refractivity contribution in [2.45, 2.75) is 0 Å². The second kappa shape index (κ2) is 6.66. The number of hydrogen-bond acceptors (Lipinski definition) is 4. The van der Waals surface area contributed by atoms with Crippen molar-refractivity contribution in [2.75, 3.05) is 31.1 Å². The molecule has 1 aliphatic rings. The highest BCUT2D eigenvalue weighted by molar-refractivity contribution is 5.94. The van der Waals surface area contributed by atoms with E-state index in [9.17, 15) is 14.0 Å². The molecule has 0 spiro atoms. The van der Waals surface area contributed by atoms with Crippen LogP contribution in [0.3, 0.4) is 0 Å². The van der Waals surface area contributed by atoms with Gasteiger partial charge < -0.3 is 14.9 Å². The molecule has 1 N–H and O–H groups in total. The van der Waals surface area contributed by atoms with E-state index in [-0.39, 0.29) is 11.6 Å². The second-order valence-electron chi connectivity index (χ2n) is 5.50. The van der Waals surface area contributed by atoms with Gasteiger partial charge in [0, 0.05) is 31.7 Å². The number of carboxylic acids is 1. The number of carbonyl (C=O) groups is 2. The lowest BCUT2D eigenvalue weighted by atomic mass is 10.1. The molecule has 2 heterocycles. The SMILES string of the molecule is O=C(O)c1ccc(N2CCN(C(=O)c3cccc(F)c3)CC2)cn1. The van der Waals surface area contributed by atoms with Crippen LogP contribution < -0.4 is 4.90 Å². The maximum Gasteiger partial charge on any atom is 0.354 e. The van der Waals surface area contributed by atoms with Gasteiger partial charge in [0.15, 0.2) is 0 Å². The number of amides is 1. The molecule has 1 aliphatic heterocycles. The standard InChI is InChI=1S/C17H16FN3O3/c18-13-3-1-2-12(10-13)16(22)21-8-6-20(7-9-21)14-4-5-15(17(23)24)19-11-14/h1-5,10-11H,6-9H2,(H,23,24). The van der Waals surface area contributed by atoms with Gasteiger partial charge in [0.25, 0.3) is 5.91 Å². The van der Waals surface area contributed by atoms with Gasteiger partial charge in [0.2, 0.25) is 0 Å². The molecule has 0 unspecified atom stereocenters. The highest BCUT2D eigenvalue weighted by Crippen LogP contribution is 2.17. The predicted octanol–water partition coefficient (Wildman–Crippen LogP) is 1.88. The Morgan fingerprint density at radius 1 is 1.08 bits per heavy atom. The van der Waals surface area contributed by atoms with Crippen LogP contribution in [0.25, 0.3) is 0 Å². The molecule has 0 radical (unpaired) electrons. The first-order valence-electron chi connectivity index (χ1n) is 7.54. The number of anilines is 1. The van der Waals surface area contributed by atoms with Crippen LogP contribution in [-0.4, -0.2) is 53.0 Å². The zero-order valence-electron chi connectivity index (χ0n) is 12.9. The third-order valence-corrected chi connectivity index (χ3v) is 3.97. The van der Waals surface area contributed by atoms with Crippen molar-refractivity contribution in [3.8, 4) is 0 Å². The summed E-state index contributed by atoms with van der Waals surface area (Å²) in [5.41, 5.74) is 1.16. The van der Waals surface area contributed by atoms with Gasteiger partial charge in [-0.05, 0) is 30.3 Å². The Kier molecular flexibility index (Phi) is 4.41. The summed E-state index contributed by atoms with van der Waals surface area (Å²) in [6.07, 6.45) is 1.52. The van der Waals surface area contributed by atoms with E-state index in [1.165, 1.54) is 30.5 Å². The van der Waals surface area contributed by atoms with Gasteiger partial charge in [0.05, 0.1) is 11.9 Å². The van der Waals surface area contributed by atoms with Crippen molar-refractivity contribution in [2.24, 2.45) is 0 Å². The number of pyridine rings is 1. The van der Waals surface area contributed by atoms with E-state index in [4.69, 9.17) is 5.11 Å². The molecular formula is C17H16FN3O3. The Balaban J connectivity index is 1.63. The number of nitrogens with zero attached hydrogens (tertiary/aromatic N) is 3. The molecule has 0 saturated carbocycles. The highest BCUT2D eigenvalue weighted by Gasteiger charge is 2.22. The van der Waals surface area contributed by atoms with Crippen LogP contribution in [0.2, 0.25) is 0 Å². The van der Waals surface area contributed by atoms with Crippen LogP contribution in [-0.2, 0) is 0 Å². The van der Waals surface area contributed by atoms with Crippen LogP contribution >= 0.6 is 0 Å². The third kappa shape index (κ3) is 3.34. The van der Waals surface area contributed by atoms with Gasteiger partial charge in [0.1, 0.15) is 11.5 Å². The molecule has 1 saturated heterocycles. The molecule has 124 valence electrons. The molecule has 1 aromatic heterocycles. The van der Waals surface area contributed by atoms with E-state index in [0.29, 0.717) is 31.7 Å². The topological polar surface area (TPSA) is 73.7 Å². The van der Waals surface area contributed by atoms with E-state index < -0.39 is 11.8 Å². The Hall–Kier alpha value is -2.96. The maximum absolute atomic E-state index is 13.2. The van der Waals surface area contributed by atoms with Gasteiger partial charge in [-0.25, -0.2) is 14.2 Å². The van der Waals surface area contributed by atoms with Gasteiger partial charge in [-0.1, -0.05) is 6.07 Å². The first-order chi connectivity index (χ1) is 11.5. The number of piperazine rings is 1. The minimum atomic E-state index is -1.06. The first-order valence-corrected chi connectivity index (χ1v) is 7.54. The molecule has 1 amide bonds. The number of rotatable bonds is 3. The Morgan fingerprint density at radius 3 is 2.42 bits per heavy atom. The van der Waals surface area contributed by atoms with Crippen molar-refractivity contribution in [1.29, 1.82) is 0 Å². The van der Waals surface area contributed by atoms with Crippen molar-refractivity contribution in [3.63, 3.8) is 0 Å². The molecule has 1 fully saturated rings. The Labute approximate surface area is 138 Å². The largest absolute Gasteiger partial charge is 0.477 e. The average Bonchev–Trinajstić information content (AvgIpc) is 2.61. The fraction of sp³-hybridized carbons (Fsp3) is 0.235. The summed E-state index contributed by atoms with van der Waals surface area (Å²) in [6, 6.07) is 8.84. The van der Waals surface area contributed by atoms with Crippen molar-refractivity contribution >= 4 is 17.6 Å². The zero-order valence-corrected chi connectivity index (χ0v) is 12.9. The zero-order chi connectivity index (χ0) is 17.1. The Bertz CT molecular complexity index is 756. The van der Waals surface area contributed by atoms with Crippen LogP contribution in [0.4, 0.5) is 10.1 Å². The highest BCUT2D eigenvalue weighted by atomic mass is 19.1. The minimum Gasteiger partial charge on any atom is -0.477 e. The second-order valence-corrected chi connectivity index (χ2v) is 5.50. The summed E-state index contributed by atoms with van der Waals surface area (Å²) >= 11 is 0. The number of halogens is 1. The molecule has 7 heteroatoms. The summed E-state index contributed by atoms with van der Waals surface area (Å²) < 4.78 is 13.2. The number of aromatic carboxylic acids is 1. The van der Waals surface area contributed by atoms with Gasteiger partial charge in [-0.2, -0.15) is 0 Å². The quantitative estimate of drug-likeness (QED) is 0.931.